The number of nitrogens with zero attached hydrogens (tertiary/aromatic N) is 2. The van der Waals surface area contributed by atoms with E-state index in [1.54, 1.807) is 12.1 Å². The minimum Gasteiger partial charge on any atom is -0.386 e. The van der Waals surface area contributed by atoms with Crippen LogP contribution in [0.25, 0.3) is 0 Å². The maximum Gasteiger partial charge on any atom is 0.194 e. The molecule has 2 aliphatic heterocycles. The van der Waals surface area contributed by atoms with Crippen LogP contribution in [0, 0.1) is 0 Å². The zero-order valence-corrected chi connectivity index (χ0v) is 16.0. The average molecular weight is 382 g/mol. The van der Waals surface area contributed by atoms with Crippen LogP contribution in [-0.4, -0.2) is 67.6 Å². The normalized spacial score (nSPS) is 25.3. The van der Waals surface area contributed by atoms with Crippen LogP contribution in [0.15, 0.2) is 29.3 Å². The largest absolute Gasteiger partial charge is 0.386 e. The minimum atomic E-state index is -0.657. The fraction of sp³-hybridized carbons (Fsp3) is 0.632. The SMILES string of the molecule is CCNC(=NCC(O)c1ccc(Cl)cc1)N1CCOC(C2CCCO2)C1. The molecule has 2 fully saturated rings. The highest BCUT2D eigenvalue weighted by atomic mass is 35.5. The van der Waals surface area contributed by atoms with E-state index in [1.807, 2.05) is 19.1 Å². The van der Waals surface area contributed by atoms with Gasteiger partial charge in [-0.05, 0) is 37.5 Å². The topological polar surface area (TPSA) is 66.3 Å². The van der Waals surface area contributed by atoms with Gasteiger partial charge in [0.1, 0.15) is 6.10 Å². The first-order valence-electron chi connectivity index (χ1n) is 9.37. The Kier molecular flexibility index (Phi) is 7.14. The van der Waals surface area contributed by atoms with Gasteiger partial charge < -0.3 is 24.8 Å². The van der Waals surface area contributed by atoms with Crippen molar-refractivity contribution in [3.8, 4) is 0 Å². The summed E-state index contributed by atoms with van der Waals surface area (Å²) in [5.41, 5.74) is 0.813. The van der Waals surface area contributed by atoms with Crippen LogP contribution >= 0.6 is 11.6 Å². The fourth-order valence-electron chi connectivity index (χ4n) is 3.38. The average Bonchev–Trinajstić information content (AvgIpc) is 3.20. The van der Waals surface area contributed by atoms with Gasteiger partial charge in [0.2, 0.25) is 0 Å². The Hall–Kier alpha value is -1.34. The van der Waals surface area contributed by atoms with Crippen LogP contribution < -0.4 is 5.32 Å². The van der Waals surface area contributed by atoms with Gasteiger partial charge >= 0.3 is 0 Å². The third-order valence-electron chi connectivity index (χ3n) is 4.78. The maximum absolute atomic E-state index is 10.4. The highest BCUT2D eigenvalue weighted by Crippen LogP contribution is 2.21. The van der Waals surface area contributed by atoms with Crippen molar-refractivity contribution in [3.05, 3.63) is 34.9 Å². The van der Waals surface area contributed by atoms with Crippen molar-refractivity contribution in [2.75, 3.05) is 39.4 Å². The van der Waals surface area contributed by atoms with Gasteiger partial charge in [0.05, 0.1) is 25.4 Å². The van der Waals surface area contributed by atoms with Gasteiger partial charge in [-0.2, -0.15) is 0 Å². The zero-order chi connectivity index (χ0) is 18.4. The Bertz CT molecular complexity index is 590. The number of aliphatic imine (C=N–C) groups is 1. The number of aliphatic hydroxyl groups excluding tert-OH is 1. The van der Waals surface area contributed by atoms with Crippen LogP contribution in [0.1, 0.15) is 31.4 Å². The molecule has 6 nitrogen and oxygen atoms in total. The molecular weight excluding hydrogens is 354 g/mol. The summed E-state index contributed by atoms with van der Waals surface area (Å²) in [7, 11) is 0. The van der Waals surface area contributed by atoms with E-state index in [0.29, 0.717) is 18.2 Å². The first-order chi connectivity index (χ1) is 12.7. The van der Waals surface area contributed by atoms with Crippen LogP contribution in [0.3, 0.4) is 0 Å². The number of hydrogen-bond donors (Lipinski definition) is 2. The Morgan fingerprint density at radius 3 is 2.77 bits per heavy atom. The lowest BCUT2D eigenvalue weighted by Crippen LogP contribution is -2.53. The van der Waals surface area contributed by atoms with E-state index in [2.05, 4.69) is 15.2 Å². The summed E-state index contributed by atoms with van der Waals surface area (Å²) in [6, 6.07) is 7.22. The highest BCUT2D eigenvalue weighted by Gasteiger charge is 2.32. The van der Waals surface area contributed by atoms with Crippen molar-refractivity contribution in [2.24, 2.45) is 4.99 Å². The monoisotopic (exact) mass is 381 g/mol. The van der Waals surface area contributed by atoms with Gasteiger partial charge in [0.25, 0.3) is 0 Å². The van der Waals surface area contributed by atoms with Gasteiger partial charge in [0, 0.05) is 31.3 Å². The summed E-state index contributed by atoms with van der Waals surface area (Å²) in [5, 5.41) is 14.4. The van der Waals surface area contributed by atoms with E-state index < -0.39 is 6.10 Å². The number of hydrogen-bond acceptors (Lipinski definition) is 4. The molecule has 0 bridgehead atoms. The Labute approximate surface area is 160 Å². The molecule has 2 saturated heterocycles. The lowest BCUT2D eigenvalue weighted by molar-refractivity contribution is -0.0817. The summed E-state index contributed by atoms with van der Waals surface area (Å²) >= 11 is 5.91. The molecule has 26 heavy (non-hydrogen) atoms. The minimum absolute atomic E-state index is 0.0799. The molecule has 0 saturated carbocycles. The standard InChI is InChI=1S/C19H28ClN3O3/c1-2-21-19(22-12-16(24)14-5-7-15(20)8-6-14)23-9-11-26-18(13-23)17-4-3-10-25-17/h5-8,16-18,24H,2-4,9-13H2,1H3,(H,21,22). The molecule has 0 aliphatic carbocycles. The van der Waals surface area contributed by atoms with E-state index in [0.717, 1.165) is 50.6 Å². The molecule has 2 N–H and O–H groups in total. The quantitative estimate of drug-likeness (QED) is 0.604. The number of ether oxygens (including phenoxy) is 2. The number of rotatable bonds is 5. The lowest BCUT2D eigenvalue weighted by atomic mass is 10.1. The molecule has 3 atom stereocenters. The number of nitrogens with one attached hydrogen (secondary N) is 1. The molecule has 2 heterocycles. The third-order valence-corrected chi connectivity index (χ3v) is 5.03. The smallest absolute Gasteiger partial charge is 0.194 e. The van der Waals surface area contributed by atoms with Crippen molar-refractivity contribution in [1.82, 2.24) is 10.2 Å². The molecule has 144 valence electrons. The molecule has 1 aromatic carbocycles. The first-order valence-corrected chi connectivity index (χ1v) is 9.75. The molecular formula is C19H28ClN3O3. The van der Waals surface area contributed by atoms with Crippen LogP contribution in [0.5, 0.6) is 0 Å². The number of guanidine groups is 1. The molecule has 0 radical (unpaired) electrons. The van der Waals surface area contributed by atoms with Crippen molar-refractivity contribution >= 4 is 17.6 Å². The predicted octanol–water partition coefficient (Wildman–Crippen LogP) is 2.22. The molecule has 2 aliphatic rings. The van der Waals surface area contributed by atoms with E-state index >= 15 is 0 Å². The number of benzene rings is 1. The van der Waals surface area contributed by atoms with Gasteiger partial charge in [-0.3, -0.25) is 4.99 Å². The summed E-state index contributed by atoms with van der Waals surface area (Å²) < 4.78 is 11.7. The number of morpholine rings is 1. The first kappa shape index (κ1) is 19.4. The second-order valence-corrected chi connectivity index (χ2v) is 7.11. The molecule has 3 rings (SSSR count). The summed E-state index contributed by atoms with van der Waals surface area (Å²) in [6.45, 7) is 6.15. The molecule has 0 amide bonds. The van der Waals surface area contributed by atoms with Crippen LogP contribution in [0.2, 0.25) is 5.02 Å². The van der Waals surface area contributed by atoms with Crippen molar-refractivity contribution in [3.63, 3.8) is 0 Å². The van der Waals surface area contributed by atoms with E-state index in [-0.39, 0.29) is 12.2 Å². The van der Waals surface area contributed by atoms with E-state index in [4.69, 9.17) is 21.1 Å². The van der Waals surface area contributed by atoms with Crippen molar-refractivity contribution < 1.29 is 14.6 Å². The van der Waals surface area contributed by atoms with Crippen molar-refractivity contribution in [1.29, 1.82) is 0 Å². The predicted molar refractivity (Wildman–Crippen MR) is 103 cm³/mol. The Balaban J connectivity index is 1.63. The van der Waals surface area contributed by atoms with Crippen molar-refractivity contribution in [2.45, 2.75) is 38.1 Å². The molecule has 3 unspecified atom stereocenters. The highest BCUT2D eigenvalue weighted by molar-refractivity contribution is 6.30. The Morgan fingerprint density at radius 2 is 2.08 bits per heavy atom. The number of aliphatic hydroxyl groups is 1. The second kappa shape index (κ2) is 9.55. The third kappa shape index (κ3) is 5.10. The Morgan fingerprint density at radius 1 is 1.31 bits per heavy atom. The fourth-order valence-corrected chi connectivity index (χ4v) is 3.50. The van der Waals surface area contributed by atoms with Gasteiger partial charge in [-0.25, -0.2) is 0 Å². The van der Waals surface area contributed by atoms with Gasteiger partial charge in [-0.1, -0.05) is 23.7 Å². The summed E-state index contributed by atoms with van der Waals surface area (Å²) in [4.78, 5) is 6.85. The van der Waals surface area contributed by atoms with E-state index in [9.17, 15) is 5.11 Å². The molecule has 0 spiro atoms. The molecule has 1 aromatic rings. The molecule has 0 aromatic heterocycles. The second-order valence-electron chi connectivity index (χ2n) is 6.67. The lowest BCUT2D eigenvalue weighted by Gasteiger charge is -2.37. The maximum atomic E-state index is 10.4. The van der Waals surface area contributed by atoms with Crippen LogP contribution in [0.4, 0.5) is 0 Å². The van der Waals surface area contributed by atoms with Gasteiger partial charge in [-0.15, -0.1) is 0 Å². The van der Waals surface area contributed by atoms with Crippen LogP contribution in [-0.2, 0) is 9.47 Å². The summed E-state index contributed by atoms with van der Waals surface area (Å²) in [6.07, 6.45) is 1.76. The van der Waals surface area contributed by atoms with Gasteiger partial charge in [0.15, 0.2) is 5.96 Å². The summed E-state index contributed by atoms with van der Waals surface area (Å²) in [5.74, 6) is 0.812. The zero-order valence-electron chi connectivity index (χ0n) is 15.2. The molecule has 7 heteroatoms. The number of halogens is 1. The van der Waals surface area contributed by atoms with E-state index in [1.165, 1.54) is 0 Å².